The van der Waals surface area contributed by atoms with Crippen molar-refractivity contribution in [1.82, 2.24) is 0 Å². The third-order valence-electron chi connectivity index (χ3n) is 9.21. The molecule has 0 saturated carbocycles. The van der Waals surface area contributed by atoms with Gasteiger partial charge in [-0.3, -0.25) is 9.59 Å². The Labute approximate surface area is 301 Å². The van der Waals surface area contributed by atoms with Gasteiger partial charge in [0.25, 0.3) is 0 Å². The number of aliphatic hydroxyl groups is 1. The van der Waals surface area contributed by atoms with Crippen molar-refractivity contribution in [3.63, 3.8) is 0 Å². The summed E-state index contributed by atoms with van der Waals surface area (Å²) in [6, 6.07) is 0. The molecule has 1 N–H and O–H groups in total. The summed E-state index contributed by atoms with van der Waals surface area (Å²) in [6.07, 6.45) is 42.3. The SMILES string of the molecule is CCCCC/C=C\C/C=C\CC1OC1C/C=C\CCCC(=O)OC[C@H](O)COC(=O)CCCCCCCCCCCCCCCCC(C)C. The topological polar surface area (TPSA) is 85.4 Å². The number of epoxide rings is 1. The smallest absolute Gasteiger partial charge is 0.305 e. The van der Waals surface area contributed by atoms with Crippen LogP contribution in [0.2, 0.25) is 0 Å². The van der Waals surface area contributed by atoms with E-state index in [0.717, 1.165) is 50.9 Å². The van der Waals surface area contributed by atoms with Gasteiger partial charge in [0, 0.05) is 12.8 Å². The molecule has 1 heterocycles. The van der Waals surface area contributed by atoms with Crippen molar-refractivity contribution in [2.45, 2.75) is 206 Å². The molecule has 0 aromatic heterocycles. The van der Waals surface area contributed by atoms with Crippen molar-refractivity contribution in [2.24, 2.45) is 5.92 Å². The van der Waals surface area contributed by atoms with E-state index in [4.69, 9.17) is 14.2 Å². The van der Waals surface area contributed by atoms with Crippen molar-refractivity contribution in [2.75, 3.05) is 13.2 Å². The lowest BCUT2D eigenvalue weighted by molar-refractivity contribution is -0.152. The number of rotatable bonds is 35. The molecule has 3 atom stereocenters. The molecule has 1 aliphatic rings. The van der Waals surface area contributed by atoms with Gasteiger partial charge < -0.3 is 19.3 Å². The molecule has 49 heavy (non-hydrogen) atoms. The summed E-state index contributed by atoms with van der Waals surface area (Å²) in [5.41, 5.74) is 0. The highest BCUT2D eigenvalue weighted by atomic mass is 16.6. The van der Waals surface area contributed by atoms with E-state index < -0.39 is 6.10 Å². The van der Waals surface area contributed by atoms with Crippen LogP contribution in [0.15, 0.2) is 36.5 Å². The summed E-state index contributed by atoms with van der Waals surface area (Å²) in [5, 5.41) is 10.0. The Bertz CT molecular complexity index is 862. The minimum Gasteiger partial charge on any atom is -0.463 e. The molecule has 1 aliphatic heterocycles. The second-order valence-electron chi connectivity index (χ2n) is 14.6. The fourth-order valence-corrected chi connectivity index (χ4v) is 5.95. The Morgan fingerprint density at radius 2 is 1.04 bits per heavy atom. The highest BCUT2D eigenvalue weighted by Gasteiger charge is 2.35. The molecule has 0 aliphatic carbocycles. The molecule has 0 aromatic rings. The van der Waals surface area contributed by atoms with Crippen molar-refractivity contribution in [3.8, 4) is 0 Å². The van der Waals surface area contributed by atoms with E-state index in [1.165, 1.54) is 103 Å². The summed E-state index contributed by atoms with van der Waals surface area (Å²) in [4.78, 5) is 24.0. The first-order chi connectivity index (χ1) is 23.9. The Hall–Kier alpha value is -1.92. The fraction of sp³-hybridized carbons (Fsp3) is 0.814. The zero-order chi connectivity index (χ0) is 35.6. The molecule has 6 nitrogen and oxygen atoms in total. The highest BCUT2D eigenvalue weighted by molar-refractivity contribution is 5.69. The van der Waals surface area contributed by atoms with Gasteiger partial charge in [0.05, 0.1) is 12.2 Å². The molecule has 1 rings (SSSR count). The zero-order valence-electron chi connectivity index (χ0n) is 32.1. The van der Waals surface area contributed by atoms with E-state index in [-0.39, 0.29) is 25.2 Å². The minimum atomic E-state index is -0.990. The monoisotopic (exact) mass is 689 g/mol. The van der Waals surface area contributed by atoms with E-state index in [1.54, 1.807) is 0 Å². The van der Waals surface area contributed by atoms with Gasteiger partial charge in [-0.2, -0.15) is 0 Å². The first-order valence-electron chi connectivity index (χ1n) is 20.5. The normalized spacial score (nSPS) is 16.8. The Balaban J connectivity index is 1.85. The van der Waals surface area contributed by atoms with Gasteiger partial charge in [-0.1, -0.05) is 160 Å². The van der Waals surface area contributed by atoms with Crippen LogP contribution in [-0.2, 0) is 23.8 Å². The third-order valence-corrected chi connectivity index (χ3v) is 9.21. The van der Waals surface area contributed by atoms with Crippen molar-refractivity contribution < 1.29 is 28.9 Å². The molecule has 284 valence electrons. The molecule has 0 radical (unpaired) electrons. The fourth-order valence-electron chi connectivity index (χ4n) is 5.95. The summed E-state index contributed by atoms with van der Waals surface area (Å²) >= 11 is 0. The molecular formula is C43H76O6. The van der Waals surface area contributed by atoms with E-state index in [0.29, 0.717) is 31.5 Å². The van der Waals surface area contributed by atoms with E-state index in [1.807, 2.05) is 0 Å². The van der Waals surface area contributed by atoms with E-state index >= 15 is 0 Å². The van der Waals surface area contributed by atoms with Gasteiger partial charge in [0.15, 0.2) is 0 Å². The maximum absolute atomic E-state index is 12.0. The van der Waals surface area contributed by atoms with Gasteiger partial charge in [0.2, 0.25) is 0 Å². The standard InChI is InChI=1S/C43H76O6/c1-4-5-6-7-8-15-19-22-27-32-40-41(49-40)33-28-24-25-30-35-43(46)48-37-39(44)36-47-42(45)34-29-23-20-17-14-12-10-9-11-13-16-18-21-26-31-38(2)3/h8,15,22,24,27-28,38-41,44H,4-7,9-14,16-21,23,25-26,29-37H2,1-3H3/b15-8-,27-22-,28-24-/t39-,40?,41?/m1/s1. The number of carbonyl (C=O) groups excluding carboxylic acids is 2. The highest BCUT2D eigenvalue weighted by Crippen LogP contribution is 2.29. The summed E-state index contributed by atoms with van der Waals surface area (Å²) in [5.74, 6) is 0.215. The molecular weight excluding hydrogens is 612 g/mol. The molecule has 0 aromatic carbocycles. The number of hydrogen-bond donors (Lipinski definition) is 1. The number of esters is 2. The van der Waals surface area contributed by atoms with E-state index in [2.05, 4.69) is 57.2 Å². The van der Waals surface area contributed by atoms with Gasteiger partial charge >= 0.3 is 11.9 Å². The Morgan fingerprint density at radius 3 is 1.59 bits per heavy atom. The average Bonchev–Trinajstić information content (AvgIpc) is 3.84. The summed E-state index contributed by atoms with van der Waals surface area (Å²) in [6.45, 7) is 6.57. The molecule has 0 spiro atoms. The number of ether oxygens (including phenoxy) is 3. The lowest BCUT2D eigenvalue weighted by Crippen LogP contribution is -2.25. The Morgan fingerprint density at radius 1 is 0.592 bits per heavy atom. The van der Waals surface area contributed by atoms with Crippen LogP contribution in [0.5, 0.6) is 0 Å². The second-order valence-corrected chi connectivity index (χ2v) is 14.6. The van der Waals surface area contributed by atoms with Gasteiger partial charge in [-0.25, -0.2) is 0 Å². The van der Waals surface area contributed by atoms with Crippen LogP contribution < -0.4 is 0 Å². The molecule has 2 unspecified atom stereocenters. The summed E-state index contributed by atoms with van der Waals surface area (Å²) < 4.78 is 16.1. The maximum atomic E-state index is 12.0. The number of aliphatic hydroxyl groups excluding tert-OH is 1. The van der Waals surface area contributed by atoms with Crippen LogP contribution in [0.4, 0.5) is 0 Å². The van der Waals surface area contributed by atoms with Crippen LogP contribution >= 0.6 is 0 Å². The maximum Gasteiger partial charge on any atom is 0.305 e. The third kappa shape index (κ3) is 31.8. The van der Waals surface area contributed by atoms with E-state index in [9.17, 15) is 14.7 Å². The van der Waals surface area contributed by atoms with Gasteiger partial charge in [-0.05, 0) is 57.3 Å². The van der Waals surface area contributed by atoms with Crippen molar-refractivity contribution in [1.29, 1.82) is 0 Å². The molecule has 1 fully saturated rings. The number of carbonyl (C=O) groups is 2. The number of unbranched alkanes of at least 4 members (excludes halogenated alkanes) is 17. The summed E-state index contributed by atoms with van der Waals surface area (Å²) in [7, 11) is 0. The molecule has 0 amide bonds. The lowest BCUT2D eigenvalue weighted by Gasteiger charge is -2.12. The van der Waals surface area contributed by atoms with Crippen molar-refractivity contribution >= 4 is 11.9 Å². The van der Waals surface area contributed by atoms with Gasteiger partial charge in [0.1, 0.15) is 19.3 Å². The first-order valence-corrected chi connectivity index (χ1v) is 20.5. The molecule has 0 bridgehead atoms. The first kappa shape index (κ1) is 45.1. The largest absolute Gasteiger partial charge is 0.463 e. The van der Waals surface area contributed by atoms with Crippen LogP contribution in [0, 0.1) is 5.92 Å². The van der Waals surface area contributed by atoms with Crippen LogP contribution in [0.3, 0.4) is 0 Å². The molecule has 1 saturated heterocycles. The number of hydrogen-bond acceptors (Lipinski definition) is 6. The number of allylic oxidation sites excluding steroid dienone is 4. The average molecular weight is 689 g/mol. The minimum absolute atomic E-state index is 0.136. The zero-order valence-corrected chi connectivity index (χ0v) is 32.1. The quantitative estimate of drug-likeness (QED) is 0.0309. The van der Waals surface area contributed by atoms with Crippen LogP contribution in [-0.4, -0.2) is 48.6 Å². The lowest BCUT2D eigenvalue weighted by atomic mass is 10.0. The Kier molecular flexibility index (Phi) is 30.6. The van der Waals surface area contributed by atoms with Gasteiger partial charge in [-0.15, -0.1) is 0 Å². The van der Waals surface area contributed by atoms with Crippen LogP contribution in [0.1, 0.15) is 188 Å². The van der Waals surface area contributed by atoms with Crippen LogP contribution in [0.25, 0.3) is 0 Å². The predicted molar refractivity (Wildman–Crippen MR) is 205 cm³/mol. The predicted octanol–water partition coefficient (Wildman–Crippen LogP) is 11.7. The molecule has 6 heteroatoms. The van der Waals surface area contributed by atoms with Crippen molar-refractivity contribution in [3.05, 3.63) is 36.5 Å². The second kappa shape index (κ2) is 33.2.